The molecule has 1 heterocycles. The van der Waals surface area contributed by atoms with Crippen LogP contribution in [0.1, 0.15) is 19.8 Å². The first-order valence-corrected chi connectivity index (χ1v) is 3.71. The molecular formula is C8H9ClNNa. The van der Waals surface area contributed by atoms with Crippen LogP contribution in [-0.2, 0) is 0 Å². The van der Waals surface area contributed by atoms with Crippen molar-refractivity contribution in [1.29, 1.82) is 0 Å². The zero-order chi connectivity index (χ0) is 6.97. The maximum atomic E-state index is 5.83. The van der Waals surface area contributed by atoms with E-state index in [9.17, 15) is 0 Å². The monoisotopic (exact) mass is 177 g/mol. The van der Waals surface area contributed by atoms with E-state index in [0.29, 0.717) is 5.15 Å². The van der Waals surface area contributed by atoms with E-state index in [0.717, 1.165) is 5.56 Å². The van der Waals surface area contributed by atoms with E-state index in [4.69, 9.17) is 11.6 Å². The molecular weight excluding hydrogens is 169 g/mol. The van der Waals surface area contributed by atoms with Crippen molar-refractivity contribution in [3.05, 3.63) is 35.0 Å². The average Bonchev–Trinajstić information content (AvgIpc) is 2.71. The number of hydrogen-bond donors (Lipinski definition) is 0. The van der Waals surface area contributed by atoms with Gasteiger partial charge in [0.15, 0.2) is 0 Å². The van der Waals surface area contributed by atoms with Crippen molar-refractivity contribution in [2.75, 3.05) is 0 Å². The van der Waals surface area contributed by atoms with Gasteiger partial charge < -0.3 is 4.98 Å². The molecule has 0 atom stereocenters. The standard InChI is InChI=1S/C8H7ClN.Na.H2/c9-8-7(6-3-4-6)2-1-5-10-8;;/h1-2,5H,3-4H2;;1H/q-1;+1;. The molecule has 0 N–H and O–H groups in total. The number of pyridine rings is 1. The summed E-state index contributed by atoms with van der Waals surface area (Å²) in [6.45, 7) is 0. The predicted molar refractivity (Wildman–Crippen MR) is 42.9 cm³/mol. The maximum absolute atomic E-state index is 5.83. The van der Waals surface area contributed by atoms with Crippen molar-refractivity contribution >= 4 is 11.6 Å². The van der Waals surface area contributed by atoms with Gasteiger partial charge in [0.1, 0.15) is 0 Å². The van der Waals surface area contributed by atoms with Crippen molar-refractivity contribution in [2.45, 2.75) is 12.8 Å². The van der Waals surface area contributed by atoms with E-state index in [-0.39, 0.29) is 31.0 Å². The minimum Gasteiger partial charge on any atom is -0.310 e. The van der Waals surface area contributed by atoms with Crippen LogP contribution in [-0.4, -0.2) is 4.98 Å². The second-order valence-electron chi connectivity index (χ2n) is 2.45. The minimum atomic E-state index is 0. The van der Waals surface area contributed by atoms with Crippen molar-refractivity contribution < 1.29 is 31.0 Å². The van der Waals surface area contributed by atoms with E-state index < -0.39 is 0 Å². The first-order valence-electron chi connectivity index (χ1n) is 3.33. The average molecular weight is 178 g/mol. The summed E-state index contributed by atoms with van der Waals surface area (Å²) >= 11 is 5.83. The number of aromatic nitrogens is 1. The van der Waals surface area contributed by atoms with Gasteiger partial charge in [0.2, 0.25) is 0 Å². The van der Waals surface area contributed by atoms with Gasteiger partial charge in [-0.15, -0.1) is 17.7 Å². The van der Waals surface area contributed by atoms with Gasteiger partial charge in [-0.1, -0.05) is 12.8 Å². The van der Waals surface area contributed by atoms with E-state index in [1.807, 2.05) is 12.1 Å². The van der Waals surface area contributed by atoms with Gasteiger partial charge in [0.25, 0.3) is 0 Å². The van der Waals surface area contributed by atoms with Crippen molar-refractivity contribution in [3.63, 3.8) is 0 Å². The smallest absolute Gasteiger partial charge is 0.310 e. The van der Waals surface area contributed by atoms with Crippen LogP contribution in [0.25, 0.3) is 0 Å². The molecule has 54 valence electrons. The molecule has 0 bridgehead atoms. The van der Waals surface area contributed by atoms with Crippen molar-refractivity contribution in [2.24, 2.45) is 0 Å². The summed E-state index contributed by atoms with van der Waals surface area (Å²) in [6.07, 6.45) is 4.12. The van der Waals surface area contributed by atoms with Gasteiger partial charge in [-0.2, -0.15) is 17.5 Å². The Morgan fingerprint density at radius 3 is 2.82 bits per heavy atom. The molecule has 1 saturated carbocycles. The van der Waals surface area contributed by atoms with E-state index >= 15 is 0 Å². The molecule has 3 heteroatoms. The molecule has 1 aromatic rings. The Morgan fingerprint density at radius 1 is 1.55 bits per heavy atom. The summed E-state index contributed by atoms with van der Waals surface area (Å²) in [6, 6.07) is 3.95. The Balaban J connectivity index is 0.000000605. The zero-order valence-corrected chi connectivity index (χ0v) is 9.23. The van der Waals surface area contributed by atoms with Gasteiger partial charge in [-0.05, 0) is 0 Å². The summed E-state index contributed by atoms with van der Waals surface area (Å²) in [7, 11) is 0. The fourth-order valence-electron chi connectivity index (χ4n) is 0.982. The molecule has 0 spiro atoms. The number of nitrogens with zero attached hydrogens (tertiary/aromatic N) is 1. The van der Waals surface area contributed by atoms with Crippen LogP contribution >= 0.6 is 11.6 Å². The van der Waals surface area contributed by atoms with E-state index in [2.05, 4.69) is 4.98 Å². The number of hydrogen-bond acceptors (Lipinski definition) is 1. The molecule has 0 amide bonds. The topological polar surface area (TPSA) is 12.9 Å². The maximum Gasteiger partial charge on any atom is 1.00 e. The second-order valence-corrected chi connectivity index (χ2v) is 2.80. The molecule has 2 rings (SSSR count). The van der Waals surface area contributed by atoms with Crippen LogP contribution < -0.4 is 29.6 Å². The van der Waals surface area contributed by atoms with Crippen LogP contribution in [0.2, 0.25) is 5.15 Å². The molecule has 1 fully saturated rings. The van der Waals surface area contributed by atoms with Crippen molar-refractivity contribution in [3.8, 4) is 0 Å². The molecule has 1 aromatic heterocycles. The van der Waals surface area contributed by atoms with Gasteiger partial charge in [-0.3, -0.25) is 0 Å². The molecule has 1 nitrogen and oxygen atoms in total. The molecule has 0 aliphatic heterocycles. The molecule has 0 saturated heterocycles. The third-order valence-electron chi connectivity index (χ3n) is 1.64. The third-order valence-corrected chi connectivity index (χ3v) is 1.94. The Bertz CT molecular complexity index is 253. The first kappa shape index (κ1) is 9.40. The van der Waals surface area contributed by atoms with E-state index in [1.54, 1.807) is 6.20 Å². The van der Waals surface area contributed by atoms with Gasteiger partial charge in [0.05, 0.1) is 0 Å². The molecule has 1 aliphatic rings. The Morgan fingerprint density at radius 2 is 2.27 bits per heavy atom. The molecule has 0 unspecified atom stereocenters. The molecule has 0 aromatic carbocycles. The largest absolute Gasteiger partial charge is 1.00 e. The summed E-state index contributed by atoms with van der Waals surface area (Å²) in [5, 5.41) is 0.648. The quantitative estimate of drug-likeness (QED) is 0.326. The van der Waals surface area contributed by atoms with Gasteiger partial charge in [0, 0.05) is 12.8 Å². The Hall–Kier alpha value is 0.310. The molecule has 0 radical (unpaired) electrons. The number of rotatable bonds is 1. The van der Waals surface area contributed by atoms with Crippen LogP contribution in [0.3, 0.4) is 0 Å². The molecule has 1 aliphatic carbocycles. The molecule has 11 heavy (non-hydrogen) atoms. The predicted octanol–water partition coefficient (Wildman–Crippen LogP) is -0.299. The van der Waals surface area contributed by atoms with Crippen LogP contribution in [0.4, 0.5) is 0 Å². The van der Waals surface area contributed by atoms with Crippen LogP contribution in [0.5, 0.6) is 0 Å². The summed E-state index contributed by atoms with van der Waals surface area (Å²) in [4.78, 5) is 3.98. The van der Waals surface area contributed by atoms with Gasteiger partial charge >= 0.3 is 29.6 Å². The Kier molecular flexibility index (Phi) is 3.26. The summed E-state index contributed by atoms with van der Waals surface area (Å²) < 4.78 is 0. The minimum absolute atomic E-state index is 0. The van der Waals surface area contributed by atoms with E-state index in [1.165, 1.54) is 18.8 Å². The normalized spacial score (nSPS) is 14.1. The Labute approximate surface area is 94.9 Å². The zero-order valence-electron chi connectivity index (χ0n) is 6.47. The van der Waals surface area contributed by atoms with Gasteiger partial charge in [-0.25, -0.2) is 0 Å². The SMILES string of the molecule is Clc1ncccc1[C-]1CC1.[HH].[Na+]. The van der Waals surface area contributed by atoms with Crippen molar-refractivity contribution in [1.82, 2.24) is 4.98 Å². The summed E-state index contributed by atoms with van der Waals surface area (Å²) in [5.74, 6) is 1.44. The summed E-state index contributed by atoms with van der Waals surface area (Å²) in [5.41, 5.74) is 1.14. The fraction of sp³-hybridized carbons (Fsp3) is 0.250. The first-order chi connectivity index (χ1) is 4.88. The number of halogens is 1. The van der Waals surface area contributed by atoms with Crippen LogP contribution in [0.15, 0.2) is 18.3 Å². The second kappa shape index (κ2) is 3.81. The van der Waals surface area contributed by atoms with Crippen LogP contribution in [0, 0.1) is 5.92 Å². The third kappa shape index (κ3) is 2.12. The fourth-order valence-corrected chi connectivity index (χ4v) is 1.23.